The van der Waals surface area contributed by atoms with Gasteiger partial charge in [-0.15, -0.1) is 0 Å². The molecule has 9 heteroatoms. The number of carbonyl (C=O) groups is 1. The first-order valence-electron chi connectivity index (χ1n) is 9.08. The molecule has 1 fully saturated rings. The number of amides is 1. The van der Waals surface area contributed by atoms with Crippen molar-refractivity contribution in [1.29, 1.82) is 0 Å². The van der Waals surface area contributed by atoms with E-state index < -0.39 is 10.0 Å². The normalized spacial score (nSPS) is 14.8. The largest absolute Gasteiger partial charge is 0.385 e. The maximum atomic E-state index is 12.4. The van der Waals surface area contributed by atoms with E-state index in [2.05, 4.69) is 10.2 Å². The van der Waals surface area contributed by atoms with Crippen LogP contribution in [0.25, 0.3) is 0 Å². The lowest BCUT2D eigenvalue weighted by Crippen LogP contribution is -2.39. The van der Waals surface area contributed by atoms with Gasteiger partial charge in [-0.2, -0.15) is 0 Å². The molecule has 0 aromatic heterocycles. The Labute approximate surface area is 161 Å². The summed E-state index contributed by atoms with van der Waals surface area (Å²) in [5, 5.41) is 2.79. The maximum Gasteiger partial charge on any atom is 0.232 e. The van der Waals surface area contributed by atoms with Crippen LogP contribution < -0.4 is 14.5 Å². The number of nitrogens with one attached hydrogen (secondary N) is 1. The number of benzene rings is 1. The molecule has 0 saturated carbocycles. The lowest BCUT2D eigenvalue weighted by Gasteiger charge is -2.33. The molecule has 1 aliphatic heterocycles. The van der Waals surface area contributed by atoms with Crippen LogP contribution in [0.15, 0.2) is 24.3 Å². The number of carbonyl (C=O) groups excluding carboxylic acids is 1. The second kappa shape index (κ2) is 10.5. The van der Waals surface area contributed by atoms with Crippen LogP contribution in [-0.2, 0) is 24.3 Å². The number of hydrogen-bond donors (Lipinski definition) is 1. The van der Waals surface area contributed by atoms with Crippen LogP contribution >= 0.6 is 0 Å². The van der Waals surface area contributed by atoms with E-state index >= 15 is 0 Å². The van der Waals surface area contributed by atoms with E-state index in [0.29, 0.717) is 45.1 Å². The molecule has 1 N–H and O–H groups in total. The Morgan fingerprint density at radius 3 is 2.67 bits per heavy atom. The number of rotatable bonds is 10. The van der Waals surface area contributed by atoms with Crippen molar-refractivity contribution in [3.8, 4) is 0 Å². The van der Waals surface area contributed by atoms with Crippen molar-refractivity contribution in [2.75, 3.05) is 68.6 Å². The van der Waals surface area contributed by atoms with E-state index in [1.54, 1.807) is 13.2 Å². The first kappa shape index (κ1) is 21.5. The monoisotopic (exact) mass is 399 g/mol. The third kappa shape index (κ3) is 6.67. The number of ether oxygens (including phenoxy) is 2. The summed E-state index contributed by atoms with van der Waals surface area (Å²) in [5.74, 6) is -0.177. The number of anilines is 2. The Balaban J connectivity index is 2.10. The number of sulfonamides is 1. The van der Waals surface area contributed by atoms with Gasteiger partial charge in [-0.1, -0.05) is 12.1 Å². The summed E-state index contributed by atoms with van der Waals surface area (Å²) in [7, 11) is -1.92. The highest BCUT2D eigenvalue weighted by atomic mass is 32.2. The Kier molecular flexibility index (Phi) is 8.33. The topological polar surface area (TPSA) is 88.2 Å². The molecule has 0 atom stereocenters. The summed E-state index contributed by atoms with van der Waals surface area (Å²) < 4.78 is 36.5. The van der Waals surface area contributed by atoms with Crippen molar-refractivity contribution >= 4 is 27.3 Å². The van der Waals surface area contributed by atoms with Gasteiger partial charge in [0, 0.05) is 46.3 Å². The molecule has 1 aromatic rings. The Hall–Kier alpha value is -1.84. The number of nitrogens with zero attached hydrogens (tertiary/aromatic N) is 2. The first-order chi connectivity index (χ1) is 12.9. The van der Waals surface area contributed by atoms with Gasteiger partial charge in [-0.3, -0.25) is 9.10 Å². The van der Waals surface area contributed by atoms with Gasteiger partial charge >= 0.3 is 0 Å². The fourth-order valence-electron chi connectivity index (χ4n) is 2.95. The Bertz CT molecular complexity index is 705. The predicted molar refractivity (Wildman–Crippen MR) is 106 cm³/mol. The lowest BCUT2D eigenvalue weighted by atomic mass is 10.2. The smallest absolute Gasteiger partial charge is 0.232 e. The van der Waals surface area contributed by atoms with Gasteiger partial charge in [0.2, 0.25) is 15.9 Å². The van der Waals surface area contributed by atoms with Crippen LogP contribution in [-0.4, -0.2) is 73.7 Å². The maximum absolute atomic E-state index is 12.4. The molecule has 1 amide bonds. The minimum absolute atomic E-state index is 0.0935. The van der Waals surface area contributed by atoms with Crippen molar-refractivity contribution in [2.24, 2.45) is 0 Å². The minimum Gasteiger partial charge on any atom is -0.385 e. The highest BCUT2D eigenvalue weighted by Crippen LogP contribution is 2.31. The summed E-state index contributed by atoms with van der Waals surface area (Å²) in [6.45, 7) is 3.80. The summed E-state index contributed by atoms with van der Waals surface area (Å²) in [4.78, 5) is 14.2. The van der Waals surface area contributed by atoms with E-state index in [1.165, 1.54) is 10.6 Å². The van der Waals surface area contributed by atoms with E-state index in [0.717, 1.165) is 12.1 Å². The fourth-order valence-corrected chi connectivity index (χ4v) is 3.88. The zero-order chi connectivity index (χ0) is 19.7. The molecule has 8 nitrogen and oxygen atoms in total. The van der Waals surface area contributed by atoms with E-state index in [1.807, 2.05) is 18.2 Å². The molecule has 1 aromatic carbocycles. The van der Waals surface area contributed by atoms with Gasteiger partial charge < -0.3 is 19.7 Å². The quantitative estimate of drug-likeness (QED) is 0.587. The van der Waals surface area contributed by atoms with Crippen molar-refractivity contribution in [3.05, 3.63) is 24.3 Å². The molecule has 0 aliphatic carbocycles. The Morgan fingerprint density at radius 1 is 1.30 bits per heavy atom. The van der Waals surface area contributed by atoms with E-state index in [4.69, 9.17) is 9.47 Å². The van der Waals surface area contributed by atoms with Crippen LogP contribution in [0.3, 0.4) is 0 Å². The van der Waals surface area contributed by atoms with Gasteiger partial charge in [-0.05, 0) is 18.6 Å². The number of hydrogen-bond acceptors (Lipinski definition) is 6. The van der Waals surface area contributed by atoms with Crippen LogP contribution in [0, 0.1) is 0 Å². The molecular weight excluding hydrogens is 370 g/mol. The first-order valence-corrected chi connectivity index (χ1v) is 10.9. The lowest BCUT2D eigenvalue weighted by molar-refractivity contribution is -0.120. The average Bonchev–Trinajstić information content (AvgIpc) is 2.65. The van der Waals surface area contributed by atoms with Crippen LogP contribution in [0.4, 0.5) is 11.4 Å². The number of para-hydroxylation sites is 2. The van der Waals surface area contributed by atoms with Crippen LogP contribution in [0.1, 0.15) is 12.8 Å². The molecule has 0 unspecified atom stereocenters. The van der Waals surface area contributed by atoms with Gasteiger partial charge in [0.05, 0.1) is 30.8 Å². The van der Waals surface area contributed by atoms with Crippen molar-refractivity contribution in [2.45, 2.75) is 12.8 Å². The summed E-state index contributed by atoms with van der Waals surface area (Å²) in [5.41, 5.74) is 1.43. The molecule has 2 rings (SSSR count). The van der Waals surface area contributed by atoms with Crippen LogP contribution in [0.5, 0.6) is 0 Å². The molecule has 0 spiro atoms. The SMILES string of the molecule is COCCCNC(=O)CCN(c1ccccc1N1CCOCC1)S(C)(=O)=O. The summed E-state index contributed by atoms with van der Waals surface area (Å²) in [6.07, 6.45) is 1.98. The molecule has 0 radical (unpaired) electrons. The van der Waals surface area contributed by atoms with Crippen molar-refractivity contribution < 1.29 is 22.7 Å². The number of methoxy groups -OCH3 is 1. The van der Waals surface area contributed by atoms with Crippen molar-refractivity contribution in [3.63, 3.8) is 0 Å². The average molecular weight is 400 g/mol. The number of morpholine rings is 1. The second-order valence-corrected chi connectivity index (χ2v) is 8.28. The predicted octanol–water partition coefficient (Wildman–Crippen LogP) is 0.832. The van der Waals surface area contributed by atoms with Gasteiger partial charge in [-0.25, -0.2) is 8.42 Å². The van der Waals surface area contributed by atoms with Gasteiger partial charge in [0.15, 0.2) is 0 Å². The molecule has 1 aliphatic rings. The minimum atomic E-state index is -3.53. The summed E-state index contributed by atoms with van der Waals surface area (Å²) >= 11 is 0. The van der Waals surface area contributed by atoms with Crippen molar-refractivity contribution in [1.82, 2.24) is 5.32 Å². The standard InChI is InChI=1S/C18H29N3O5S/c1-25-13-5-9-19-18(22)8-10-21(27(2,23)24)17-7-4-3-6-16(17)20-11-14-26-15-12-20/h3-4,6-7H,5,8-15H2,1-2H3,(H,19,22). The summed E-state index contributed by atoms with van der Waals surface area (Å²) in [6, 6.07) is 7.38. The third-order valence-corrected chi connectivity index (χ3v) is 5.47. The highest BCUT2D eigenvalue weighted by molar-refractivity contribution is 7.92. The molecule has 1 saturated heterocycles. The molecular formula is C18H29N3O5S. The van der Waals surface area contributed by atoms with E-state index in [-0.39, 0.29) is 18.9 Å². The second-order valence-electron chi connectivity index (χ2n) is 6.37. The Morgan fingerprint density at radius 2 is 2.00 bits per heavy atom. The molecule has 0 bridgehead atoms. The molecule has 27 heavy (non-hydrogen) atoms. The van der Waals surface area contributed by atoms with Crippen LogP contribution in [0.2, 0.25) is 0 Å². The highest BCUT2D eigenvalue weighted by Gasteiger charge is 2.24. The van der Waals surface area contributed by atoms with Gasteiger partial charge in [0.1, 0.15) is 0 Å². The molecule has 1 heterocycles. The zero-order valence-electron chi connectivity index (χ0n) is 16.0. The zero-order valence-corrected chi connectivity index (χ0v) is 16.8. The molecule has 152 valence electrons. The third-order valence-electron chi connectivity index (χ3n) is 4.29. The fraction of sp³-hybridized carbons (Fsp3) is 0.611. The van der Waals surface area contributed by atoms with Gasteiger partial charge in [0.25, 0.3) is 0 Å². The van der Waals surface area contributed by atoms with E-state index in [9.17, 15) is 13.2 Å².